The Balaban J connectivity index is 1.72. The van der Waals surface area contributed by atoms with Crippen molar-refractivity contribution in [3.05, 3.63) is 0 Å². The number of ether oxygens (including phenoxy) is 2. The Kier molecular flexibility index (Phi) is 4.14. The highest BCUT2D eigenvalue weighted by Crippen LogP contribution is 2.68. The van der Waals surface area contributed by atoms with E-state index in [1.807, 2.05) is 0 Å². The normalized spacial score (nSPS) is 40.1. The van der Waals surface area contributed by atoms with Crippen molar-refractivity contribution in [1.82, 2.24) is 4.67 Å². The Morgan fingerprint density at radius 2 is 1.86 bits per heavy atom. The summed E-state index contributed by atoms with van der Waals surface area (Å²) < 4.78 is 36.3. The van der Waals surface area contributed by atoms with Crippen molar-refractivity contribution in [1.29, 1.82) is 0 Å². The quantitative estimate of drug-likeness (QED) is 0.400. The molecule has 0 aromatic heterocycles. The summed E-state index contributed by atoms with van der Waals surface area (Å²) in [6.07, 6.45) is 0.288. The summed E-state index contributed by atoms with van der Waals surface area (Å²) in [7, 11) is -3.26. The molecule has 8 heteroatoms. The van der Waals surface area contributed by atoms with Gasteiger partial charge in [0.05, 0.1) is 50.0 Å². The first-order valence-electron chi connectivity index (χ1n) is 7.57. The van der Waals surface area contributed by atoms with Crippen LogP contribution in [0.15, 0.2) is 0 Å². The molecule has 3 aliphatic rings. The summed E-state index contributed by atoms with van der Waals surface area (Å²) in [5.74, 6) is -0.490. The van der Waals surface area contributed by atoms with E-state index in [4.69, 9.17) is 18.5 Å². The van der Waals surface area contributed by atoms with Crippen LogP contribution in [0.4, 0.5) is 0 Å². The lowest BCUT2D eigenvalue weighted by Crippen LogP contribution is -2.32. The maximum atomic E-state index is 12.8. The first kappa shape index (κ1) is 15.4. The van der Waals surface area contributed by atoms with Gasteiger partial charge in [0.15, 0.2) is 0 Å². The van der Waals surface area contributed by atoms with Crippen LogP contribution in [0.3, 0.4) is 0 Å². The molecule has 0 N–H and O–H groups in total. The fraction of sp³-hybridized carbons (Fsp3) is 0.923. The molecule has 0 radical (unpaired) electrons. The molecule has 3 heterocycles. The molecule has 0 aromatic rings. The van der Waals surface area contributed by atoms with E-state index in [0.717, 1.165) is 0 Å². The summed E-state index contributed by atoms with van der Waals surface area (Å²) >= 11 is 0. The van der Waals surface area contributed by atoms with Gasteiger partial charge in [-0.05, 0) is 27.2 Å². The second kappa shape index (κ2) is 5.63. The Hall–Kier alpha value is -0.460. The molecule has 3 fully saturated rings. The van der Waals surface area contributed by atoms with E-state index in [-0.39, 0.29) is 36.2 Å². The third-order valence-electron chi connectivity index (χ3n) is 4.26. The minimum Gasteiger partial charge on any atom is -0.466 e. The Labute approximate surface area is 124 Å². The predicted octanol–water partition coefficient (Wildman–Crippen LogP) is 1.57. The molecule has 3 saturated heterocycles. The topological polar surface area (TPSA) is 74.1 Å². The largest absolute Gasteiger partial charge is 0.466 e. The lowest BCUT2D eigenvalue weighted by Gasteiger charge is -2.22. The number of nitrogens with zero attached hydrogens (tertiary/aromatic N) is 1. The summed E-state index contributed by atoms with van der Waals surface area (Å²) in [6, 6.07) is -0.00769. The van der Waals surface area contributed by atoms with E-state index in [1.165, 1.54) is 0 Å². The third kappa shape index (κ3) is 2.35. The highest BCUT2D eigenvalue weighted by atomic mass is 31.2. The number of esters is 1. The van der Waals surface area contributed by atoms with Gasteiger partial charge in [-0.25, -0.2) is 4.57 Å². The fourth-order valence-corrected chi connectivity index (χ4v) is 5.71. The average Bonchev–Trinajstić information content (AvgIpc) is 2.94. The van der Waals surface area contributed by atoms with Gasteiger partial charge in [0.1, 0.15) is 0 Å². The zero-order valence-electron chi connectivity index (χ0n) is 12.6. The van der Waals surface area contributed by atoms with Gasteiger partial charge in [0.2, 0.25) is 0 Å². The molecule has 0 spiro atoms. The molecule has 0 amide bonds. The third-order valence-corrected chi connectivity index (χ3v) is 6.53. The van der Waals surface area contributed by atoms with Gasteiger partial charge in [-0.3, -0.25) is 13.8 Å². The van der Waals surface area contributed by atoms with E-state index in [0.29, 0.717) is 26.2 Å². The van der Waals surface area contributed by atoms with Gasteiger partial charge in [-0.15, -0.1) is 0 Å². The lowest BCUT2D eigenvalue weighted by atomic mass is 9.89. The van der Waals surface area contributed by atoms with Crippen LogP contribution in [0, 0.1) is 5.92 Å². The van der Waals surface area contributed by atoms with Crippen LogP contribution in [0.25, 0.3) is 0 Å². The van der Waals surface area contributed by atoms with Crippen molar-refractivity contribution in [2.45, 2.75) is 51.5 Å². The summed E-state index contributed by atoms with van der Waals surface area (Å²) in [5, 5.41) is 0. The average molecular weight is 319 g/mol. The van der Waals surface area contributed by atoms with E-state index in [9.17, 15) is 9.36 Å². The zero-order chi connectivity index (χ0) is 15.2. The van der Waals surface area contributed by atoms with Crippen LogP contribution in [-0.4, -0.2) is 54.8 Å². The minimum absolute atomic E-state index is 0.0459. The van der Waals surface area contributed by atoms with Crippen molar-refractivity contribution in [2.24, 2.45) is 5.92 Å². The number of hydrogen-bond acceptors (Lipinski definition) is 6. The maximum Gasteiger partial charge on any atom is 0.408 e. The van der Waals surface area contributed by atoms with Crippen LogP contribution in [-0.2, 0) is 27.9 Å². The molecule has 3 rings (SSSR count). The molecule has 7 nitrogen and oxygen atoms in total. The molecule has 0 aliphatic carbocycles. The summed E-state index contributed by atoms with van der Waals surface area (Å²) in [6.45, 7) is 6.38. The molecular weight excluding hydrogens is 297 g/mol. The fourth-order valence-electron chi connectivity index (χ4n) is 3.57. The van der Waals surface area contributed by atoms with E-state index < -0.39 is 7.75 Å². The lowest BCUT2D eigenvalue weighted by molar-refractivity contribution is -0.149. The Morgan fingerprint density at radius 1 is 1.19 bits per heavy atom. The highest BCUT2D eigenvalue weighted by Gasteiger charge is 2.75. The summed E-state index contributed by atoms with van der Waals surface area (Å²) in [5.41, 5.74) is 0. The second-order valence-electron chi connectivity index (χ2n) is 5.40. The molecule has 120 valence electrons. The molecule has 2 bridgehead atoms. The van der Waals surface area contributed by atoms with Gasteiger partial charge in [-0.1, -0.05) is 0 Å². The molecule has 0 aromatic carbocycles. The van der Waals surface area contributed by atoms with Crippen molar-refractivity contribution in [3.8, 4) is 0 Å². The standard InChI is InChI=1S/C13H22NO6P/c1-4-17-13(15)8-7-9-10-11(12(8)20-9)14(10)21(16,18-5-2)19-6-3/h8-12H,4-7H2,1-3H3/t8-,9+,10-,11-,12-,14?/m1/s1. The van der Waals surface area contributed by atoms with Crippen molar-refractivity contribution < 1.29 is 27.9 Å². The van der Waals surface area contributed by atoms with Crippen LogP contribution in [0.5, 0.6) is 0 Å². The van der Waals surface area contributed by atoms with Crippen LogP contribution < -0.4 is 0 Å². The number of fused-ring (bicyclic) bond motifs is 5. The molecule has 6 atom stereocenters. The smallest absolute Gasteiger partial charge is 0.408 e. The Morgan fingerprint density at radius 3 is 2.43 bits per heavy atom. The maximum absolute atomic E-state index is 12.8. The van der Waals surface area contributed by atoms with Crippen LogP contribution in [0.2, 0.25) is 0 Å². The van der Waals surface area contributed by atoms with Crippen molar-refractivity contribution in [2.75, 3.05) is 19.8 Å². The molecule has 21 heavy (non-hydrogen) atoms. The van der Waals surface area contributed by atoms with Gasteiger partial charge >= 0.3 is 13.7 Å². The highest BCUT2D eigenvalue weighted by molar-refractivity contribution is 7.51. The van der Waals surface area contributed by atoms with Gasteiger partial charge in [0, 0.05) is 0 Å². The molecular formula is C13H22NO6P. The first-order valence-corrected chi connectivity index (χ1v) is 9.07. The van der Waals surface area contributed by atoms with E-state index in [1.54, 1.807) is 25.4 Å². The monoisotopic (exact) mass is 319 g/mol. The first-order chi connectivity index (χ1) is 10.1. The van der Waals surface area contributed by atoms with Crippen LogP contribution in [0.1, 0.15) is 27.2 Å². The van der Waals surface area contributed by atoms with Crippen LogP contribution >= 0.6 is 7.75 Å². The second-order valence-corrected chi connectivity index (χ2v) is 7.31. The van der Waals surface area contributed by atoms with Gasteiger partial charge < -0.3 is 9.47 Å². The molecule has 1 unspecified atom stereocenters. The number of carbonyl (C=O) groups is 1. The number of hydrogen-bond donors (Lipinski definition) is 0. The number of morpholine rings is 1. The van der Waals surface area contributed by atoms with Crippen molar-refractivity contribution >= 4 is 13.7 Å². The van der Waals surface area contributed by atoms with Gasteiger partial charge in [0.25, 0.3) is 0 Å². The van der Waals surface area contributed by atoms with Gasteiger partial charge in [-0.2, -0.15) is 4.67 Å². The van der Waals surface area contributed by atoms with E-state index in [2.05, 4.69) is 0 Å². The SMILES string of the molecule is CCOC(=O)[C@@H]1C[C@@H]2O[C@H]1[C@H]1[C@@H]2N1P(=O)(OCC)OCC. The number of rotatable bonds is 7. The minimum atomic E-state index is -3.26. The van der Waals surface area contributed by atoms with E-state index >= 15 is 0 Å². The Bertz CT molecular complexity index is 462. The van der Waals surface area contributed by atoms with Crippen molar-refractivity contribution in [3.63, 3.8) is 0 Å². The summed E-state index contributed by atoms with van der Waals surface area (Å²) in [4.78, 5) is 12.0. The zero-order valence-corrected chi connectivity index (χ0v) is 13.5. The predicted molar refractivity (Wildman–Crippen MR) is 73.7 cm³/mol. The molecule has 0 saturated carbocycles. The molecule has 3 aliphatic heterocycles. The number of carbonyl (C=O) groups excluding carboxylic acids is 1.